The summed E-state index contributed by atoms with van der Waals surface area (Å²) in [5.74, 6) is 0.567. The van der Waals surface area contributed by atoms with Crippen molar-refractivity contribution in [3.05, 3.63) is 29.8 Å². The van der Waals surface area contributed by atoms with Crippen molar-refractivity contribution in [3.8, 4) is 5.75 Å². The van der Waals surface area contributed by atoms with Crippen LogP contribution in [0.2, 0.25) is 0 Å². The molecule has 6 heteroatoms. The summed E-state index contributed by atoms with van der Waals surface area (Å²) in [6.07, 6.45) is 8.36. The van der Waals surface area contributed by atoms with Crippen LogP contribution in [0.25, 0.3) is 0 Å². The van der Waals surface area contributed by atoms with E-state index >= 15 is 0 Å². The molecule has 5 nitrogen and oxygen atoms in total. The molecule has 1 amide bonds. The molecule has 1 unspecified atom stereocenters. The Bertz CT molecular complexity index is 557. The normalized spacial score (nSPS) is 16.3. The molecule has 1 aliphatic heterocycles. The third-order valence-electron chi connectivity index (χ3n) is 4.37. The Hall–Kier alpha value is -1.66. The zero-order chi connectivity index (χ0) is 18.6. The fraction of sp³-hybridized carbons (Fsp3) is 0.600. The lowest BCUT2D eigenvalue weighted by molar-refractivity contribution is 0.0973. The number of carbonyl (C=O) groups is 1. The van der Waals surface area contributed by atoms with Gasteiger partial charge in [-0.05, 0) is 55.7 Å². The number of ether oxygens (including phenoxy) is 2. The van der Waals surface area contributed by atoms with Gasteiger partial charge in [-0.15, -0.1) is 0 Å². The second-order valence-electron chi connectivity index (χ2n) is 6.59. The number of carbonyl (C=O) groups excluding carboxylic acids is 1. The van der Waals surface area contributed by atoms with Crippen LogP contribution in [0.3, 0.4) is 0 Å². The second kappa shape index (κ2) is 11.9. The number of nitrogens with one attached hydrogen (secondary N) is 2. The Morgan fingerprint density at radius 1 is 1.23 bits per heavy atom. The van der Waals surface area contributed by atoms with Gasteiger partial charge in [-0.3, -0.25) is 10.1 Å². The van der Waals surface area contributed by atoms with Crippen LogP contribution in [0.1, 0.15) is 62.2 Å². The fourth-order valence-electron chi connectivity index (χ4n) is 2.83. The van der Waals surface area contributed by atoms with E-state index in [4.69, 9.17) is 21.7 Å². The molecule has 2 rings (SSSR count). The van der Waals surface area contributed by atoms with Crippen LogP contribution in [-0.2, 0) is 4.74 Å². The summed E-state index contributed by atoms with van der Waals surface area (Å²) in [4.78, 5) is 12.2. The maximum Gasteiger partial charge on any atom is 0.257 e. The first-order valence-electron chi connectivity index (χ1n) is 9.62. The third-order valence-corrected chi connectivity index (χ3v) is 4.62. The van der Waals surface area contributed by atoms with Gasteiger partial charge in [0.05, 0.1) is 12.7 Å². The molecule has 0 radical (unpaired) electrons. The first-order valence-corrected chi connectivity index (χ1v) is 10.0. The predicted octanol–water partition coefficient (Wildman–Crippen LogP) is 3.82. The van der Waals surface area contributed by atoms with E-state index in [1.165, 1.54) is 25.7 Å². The van der Waals surface area contributed by atoms with E-state index in [1.54, 1.807) is 12.1 Å². The van der Waals surface area contributed by atoms with Gasteiger partial charge in [0, 0.05) is 18.7 Å². The summed E-state index contributed by atoms with van der Waals surface area (Å²) >= 11 is 5.17. The smallest absolute Gasteiger partial charge is 0.257 e. The lowest BCUT2D eigenvalue weighted by Gasteiger charge is -2.13. The van der Waals surface area contributed by atoms with Crippen molar-refractivity contribution >= 4 is 23.2 Å². The van der Waals surface area contributed by atoms with Gasteiger partial charge in [-0.1, -0.05) is 32.6 Å². The summed E-state index contributed by atoms with van der Waals surface area (Å²) in [5, 5.41) is 6.06. The molecule has 26 heavy (non-hydrogen) atoms. The van der Waals surface area contributed by atoms with Gasteiger partial charge in [0.1, 0.15) is 5.75 Å². The van der Waals surface area contributed by atoms with Crippen molar-refractivity contribution in [2.75, 3.05) is 19.8 Å². The highest BCUT2D eigenvalue weighted by molar-refractivity contribution is 7.80. The highest BCUT2D eigenvalue weighted by Crippen LogP contribution is 2.13. The van der Waals surface area contributed by atoms with Gasteiger partial charge in [0.25, 0.3) is 5.91 Å². The minimum Gasteiger partial charge on any atom is -0.494 e. The largest absolute Gasteiger partial charge is 0.494 e. The molecule has 0 aliphatic carbocycles. The van der Waals surface area contributed by atoms with E-state index in [2.05, 4.69) is 17.6 Å². The molecule has 2 N–H and O–H groups in total. The first-order chi connectivity index (χ1) is 12.7. The number of hydrogen-bond acceptors (Lipinski definition) is 4. The molecular formula is C20H30N2O3S. The Labute approximate surface area is 161 Å². The maximum atomic E-state index is 12.2. The molecule has 1 aliphatic rings. The van der Waals surface area contributed by atoms with Gasteiger partial charge in [-0.25, -0.2) is 0 Å². The number of rotatable bonds is 10. The topological polar surface area (TPSA) is 59.6 Å². The first kappa shape index (κ1) is 20.6. The number of hydrogen-bond donors (Lipinski definition) is 2. The van der Waals surface area contributed by atoms with Crippen molar-refractivity contribution in [2.45, 2.75) is 58.0 Å². The summed E-state index contributed by atoms with van der Waals surface area (Å²) in [7, 11) is 0. The minimum atomic E-state index is -0.221. The monoisotopic (exact) mass is 378 g/mol. The SMILES string of the molecule is CCCCCCCOc1ccc(C(=O)NC(=S)NCC2CCCO2)cc1. The molecule has 0 saturated carbocycles. The van der Waals surface area contributed by atoms with Crippen LogP contribution >= 0.6 is 12.2 Å². The lowest BCUT2D eigenvalue weighted by Crippen LogP contribution is -2.42. The maximum absolute atomic E-state index is 12.2. The van der Waals surface area contributed by atoms with Crippen LogP contribution < -0.4 is 15.4 Å². The zero-order valence-corrected chi connectivity index (χ0v) is 16.4. The molecule has 1 heterocycles. The standard InChI is InChI=1S/C20H30N2O3S/c1-2-3-4-5-6-13-24-17-11-9-16(10-12-17)19(23)22-20(26)21-15-18-8-7-14-25-18/h9-12,18H,2-8,13-15H2,1H3,(H2,21,22,23,26). The molecular weight excluding hydrogens is 348 g/mol. The molecule has 1 fully saturated rings. The van der Waals surface area contributed by atoms with Crippen LogP contribution in [0.4, 0.5) is 0 Å². The molecule has 1 saturated heterocycles. The Balaban J connectivity index is 1.66. The van der Waals surface area contributed by atoms with Gasteiger partial charge < -0.3 is 14.8 Å². The number of amides is 1. The predicted molar refractivity (Wildman–Crippen MR) is 108 cm³/mol. The number of benzene rings is 1. The Morgan fingerprint density at radius 3 is 2.69 bits per heavy atom. The summed E-state index contributed by atoms with van der Waals surface area (Å²) < 4.78 is 11.2. The Kier molecular flexibility index (Phi) is 9.42. The molecule has 1 aromatic rings. The van der Waals surface area contributed by atoms with Gasteiger partial charge in [-0.2, -0.15) is 0 Å². The summed E-state index contributed by atoms with van der Waals surface area (Å²) in [6.45, 7) is 4.36. The highest BCUT2D eigenvalue weighted by Gasteiger charge is 2.16. The quantitative estimate of drug-likeness (QED) is 0.479. The van der Waals surface area contributed by atoms with Gasteiger partial charge >= 0.3 is 0 Å². The summed E-state index contributed by atoms with van der Waals surface area (Å²) in [5.41, 5.74) is 0.557. The fourth-order valence-corrected chi connectivity index (χ4v) is 3.01. The number of unbranched alkanes of at least 4 members (excludes halogenated alkanes) is 4. The van der Waals surface area contributed by atoms with E-state index in [-0.39, 0.29) is 12.0 Å². The molecule has 0 aromatic heterocycles. The van der Waals surface area contributed by atoms with E-state index in [0.29, 0.717) is 23.8 Å². The molecule has 1 atom stereocenters. The van der Waals surface area contributed by atoms with E-state index in [9.17, 15) is 4.79 Å². The van der Waals surface area contributed by atoms with Gasteiger partial charge in [0.2, 0.25) is 0 Å². The number of thiocarbonyl (C=S) groups is 1. The van der Waals surface area contributed by atoms with Crippen LogP contribution in [0.15, 0.2) is 24.3 Å². The molecule has 0 bridgehead atoms. The van der Waals surface area contributed by atoms with Crippen molar-refractivity contribution < 1.29 is 14.3 Å². The zero-order valence-electron chi connectivity index (χ0n) is 15.6. The molecule has 0 spiro atoms. The summed E-state index contributed by atoms with van der Waals surface area (Å²) in [6, 6.07) is 7.16. The van der Waals surface area contributed by atoms with Crippen LogP contribution in [0.5, 0.6) is 5.75 Å². The third kappa shape index (κ3) is 7.70. The average molecular weight is 379 g/mol. The van der Waals surface area contributed by atoms with Crippen LogP contribution in [0, 0.1) is 0 Å². The second-order valence-corrected chi connectivity index (χ2v) is 6.99. The van der Waals surface area contributed by atoms with E-state index < -0.39 is 0 Å². The van der Waals surface area contributed by atoms with Crippen molar-refractivity contribution in [1.82, 2.24) is 10.6 Å². The lowest BCUT2D eigenvalue weighted by atomic mass is 10.2. The molecule has 144 valence electrons. The van der Waals surface area contributed by atoms with Crippen molar-refractivity contribution in [3.63, 3.8) is 0 Å². The average Bonchev–Trinajstić information content (AvgIpc) is 3.17. The minimum absolute atomic E-state index is 0.184. The van der Waals surface area contributed by atoms with Crippen molar-refractivity contribution in [2.24, 2.45) is 0 Å². The van der Waals surface area contributed by atoms with Crippen molar-refractivity contribution in [1.29, 1.82) is 0 Å². The highest BCUT2D eigenvalue weighted by atomic mass is 32.1. The van der Waals surface area contributed by atoms with Gasteiger partial charge in [0.15, 0.2) is 5.11 Å². The van der Waals surface area contributed by atoms with E-state index in [1.807, 2.05) is 12.1 Å². The van der Waals surface area contributed by atoms with E-state index in [0.717, 1.165) is 31.6 Å². The Morgan fingerprint density at radius 2 is 2.00 bits per heavy atom. The molecule has 1 aromatic carbocycles. The van der Waals surface area contributed by atoms with Crippen LogP contribution in [-0.4, -0.2) is 36.9 Å².